The number of hydrogen-bond donors (Lipinski definition) is 1. The van der Waals surface area contributed by atoms with Crippen molar-refractivity contribution in [1.82, 2.24) is 10.2 Å². The minimum absolute atomic E-state index is 0.661. The molecule has 24 heavy (non-hydrogen) atoms. The van der Waals surface area contributed by atoms with Gasteiger partial charge in [-0.3, -0.25) is 4.90 Å². The first kappa shape index (κ1) is 18.7. The van der Waals surface area contributed by atoms with Crippen LogP contribution < -0.4 is 5.32 Å². The summed E-state index contributed by atoms with van der Waals surface area (Å²) in [5, 5.41) is 3.48. The summed E-state index contributed by atoms with van der Waals surface area (Å²) in [6.45, 7) is 18.2. The zero-order valence-electron chi connectivity index (χ0n) is 15.3. The van der Waals surface area contributed by atoms with E-state index in [1.807, 2.05) is 12.2 Å². The molecule has 1 atom stereocenters. The standard InChI is InChI=1S/C22H32N2/c1-5-20(22(6-2)21-10-8-7-9-11-21)17-24(15-18(3)4)16-19-12-13-23-14-19/h5-11,18-19,23H,1-2,12-17H2,3-4H3/b22-20-. The fraction of sp³-hybridized carbons (Fsp3) is 0.455. The van der Waals surface area contributed by atoms with Gasteiger partial charge in [0.2, 0.25) is 0 Å². The van der Waals surface area contributed by atoms with Crippen molar-refractivity contribution in [3.05, 3.63) is 66.8 Å². The fourth-order valence-corrected chi connectivity index (χ4v) is 3.51. The van der Waals surface area contributed by atoms with Crippen molar-refractivity contribution in [2.45, 2.75) is 20.3 Å². The number of nitrogens with zero attached hydrogens (tertiary/aromatic N) is 1. The molecule has 0 bridgehead atoms. The molecule has 0 saturated carbocycles. The average Bonchev–Trinajstić information content (AvgIpc) is 3.08. The Balaban J connectivity index is 2.20. The molecule has 1 saturated heterocycles. The minimum Gasteiger partial charge on any atom is -0.316 e. The lowest BCUT2D eigenvalue weighted by molar-refractivity contribution is 0.231. The quantitative estimate of drug-likeness (QED) is 0.678. The molecule has 0 spiro atoms. The molecule has 1 aliphatic rings. The highest BCUT2D eigenvalue weighted by Crippen LogP contribution is 2.22. The summed E-state index contributed by atoms with van der Waals surface area (Å²) in [5.41, 5.74) is 3.68. The first-order valence-electron chi connectivity index (χ1n) is 9.10. The maximum absolute atomic E-state index is 4.07. The molecule has 2 rings (SSSR count). The van der Waals surface area contributed by atoms with Crippen LogP contribution >= 0.6 is 0 Å². The van der Waals surface area contributed by atoms with Crippen LogP contribution in [0, 0.1) is 11.8 Å². The molecule has 1 heterocycles. The minimum atomic E-state index is 0.661. The van der Waals surface area contributed by atoms with Crippen molar-refractivity contribution in [3.63, 3.8) is 0 Å². The molecule has 1 unspecified atom stereocenters. The van der Waals surface area contributed by atoms with Crippen molar-refractivity contribution in [1.29, 1.82) is 0 Å². The third-order valence-electron chi connectivity index (χ3n) is 4.58. The van der Waals surface area contributed by atoms with E-state index in [1.54, 1.807) is 0 Å². The van der Waals surface area contributed by atoms with Crippen LogP contribution in [0.1, 0.15) is 25.8 Å². The lowest BCUT2D eigenvalue weighted by Gasteiger charge is -2.28. The third kappa shape index (κ3) is 5.47. The Hall–Kier alpha value is -1.64. The molecule has 0 radical (unpaired) electrons. The topological polar surface area (TPSA) is 15.3 Å². The van der Waals surface area contributed by atoms with Crippen LogP contribution in [0.4, 0.5) is 0 Å². The molecule has 2 heteroatoms. The van der Waals surface area contributed by atoms with Crippen molar-refractivity contribution < 1.29 is 0 Å². The first-order chi connectivity index (χ1) is 11.6. The molecule has 0 aliphatic carbocycles. The zero-order chi connectivity index (χ0) is 17.4. The van der Waals surface area contributed by atoms with Crippen molar-refractivity contribution in [3.8, 4) is 0 Å². The first-order valence-corrected chi connectivity index (χ1v) is 9.10. The third-order valence-corrected chi connectivity index (χ3v) is 4.58. The smallest absolute Gasteiger partial charge is 0.0239 e. The van der Waals surface area contributed by atoms with Crippen LogP contribution in [0.5, 0.6) is 0 Å². The molecule has 1 aliphatic heterocycles. The molecular formula is C22H32N2. The van der Waals surface area contributed by atoms with Gasteiger partial charge in [-0.15, -0.1) is 0 Å². The summed E-state index contributed by atoms with van der Waals surface area (Å²) in [5.74, 6) is 1.42. The van der Waals surface area contributed by atoms with Gasteiger partial charge in [-0.2, -0.15) is 0 Å². The average molecular weight is 325 g/mol. The molecule has 1 N–H and O–H groups in total. The Morgan fingerprint density at radius 2 is 2.00 bits per heavy atom. The summed E-state index contributed by atoms with van der Waals surface area (Å²) >= 11 is 0. The highest BCUT2D eigenvalue weighted by atomic mass is 15.1. The second kappa shape index (κ2) is 9.61. The van der Waals surface area contributed by atoms with E-state index < -0.39 is 0 Å². The molecule has 0 aromatic heterocycles. The molecular weight excluding hydrogens is 292 g/mol. The molecule has 130 valence electrons. The van der Waals surface area contributed by atoms with Crippen LogP contribution in [0.15, 0.2) is 61.2 Å². The van der Waals surface area contributed by atoms with E-state index in [0.717, 1.165) is 38.6 Å². The molecule has 2 nitrogen and oxygen atoms in total. The normalized spacial score (nSPS) is 18.8. The maximum Gasteiger partial charge on any atom is 0.0239 e. The number of benzene rings is 1. The SMILES string of the molecule is C=C/C(CN(CC(C)C)CC1CCNC1)=C(\C=C)c1ccccc1. The predicted molar refractivity (Wildman–Crippen MR) is 106 cm³/mol. The summed E-state index contributed by atoms with van der Waals surface area (Å²) in [4.78, 5) is 2.59. The second-order valence-electron chi connectivity index (χ2n) is 7.16. The lowest BCUT2D eigenvalue weighted by Crippen LogP contribution is -2.35. The van der Waals surface area contributed by atoms with Crippen LogP contribution in [0.25, 0.3) is 5.57 Å². The van der Waals surface area contributed by atoms with Crippen LogP contribution in [-0.4, -0.2) is 37.6 Å². The zero-order valence-corrected chi connectivity index (χ0v) is 15.3. The number of hydrogen-bond acceptors (Lipinski definition) is 2. The maximum atomic E-state index is 4.07. The molecule has 0 amide bonds. The van der Waals surface area contributed by atoms with Crippen molar-refractivity contribution in [2.75, 3.05) is 32.7 Å². The van der Waals surface area contributed by atoms with Gasteiger partial charge in [0.1, 0.15) is 0 Å². The number of allylic oxidation sites excluding steroid dienone is 2. The van der Waals surface area contributed by atoms with Crippen molar-refractivity contribution >= 4 is 5.57 Å². The number of nitrogens with one attached hydrogen (secondary N) is 1. The molecule has 1 aromatic rings. The van der Waals surface area contributed by atoms with Crippen LogP contribution in [0.3, 0.4) is 0 Å². The van der Waals surface area contributed by atoms with E-state index in [0.29, 0.717) is 5.92 Å². The van der Waals surface area contributed by atoms with E-state index in [2.05, 4.69) is 67.6 Å². The van der Waals surface area contributed by atoms with Gasteiger partial charge in [0.05, 0.1) is 0 Å². The van der Waals surface area contributed by atoms with Gasteiger partial charge >= 0.3 is 0 Å². The Bertz CT molecular complexity index is 551. The van der Waals surface area contributed by atoms with E-state index in [4.69, 9.17) is 0 Å². The van der Waals surface area contributed by atoms with Crippen LogP contribution in [0.2, 0.25) is 0 Å². The van der Waals surface area contributed by atoms with Gasteiger partial charge in [-0.05, 0) is 48.1 Å². The Kier molecular flexibility index (Phi) is 7.48. The summed E-state index contributed by atoms with van der Waals surface area (Å²) in [7, 11) is 0. The van der Waals surface area contributed by atoms with E-state index in [-0.39, 0.29) is 0 Å². The second-order valence-corrected chi connectivity index (χ2v) is 7.16. The number of rotatable bonds is 9. The summed E-state index contributed by atoms with van der Waals surface area (Å²) in [6, 6.07) is 10.5. The largest absolute Gasteiger partial charge is 0.316 e. The monoisotopic (exact) mass is 324 g/mol. The highest BCUT2D eigenvalue weighted by Gasteiger charge is 2.20. The molecule has 1 fully saturated rings. The lowest BCUT2D eigenvalue weighted by atomic mass is 9.98. The Labute approximate surface area is 148 Å². The van der Waals surface area contributed by atoms with Gasteiger partial charge in [-0.1, -0.05) is 69.5 Å². The van der Waals surface area contributed by atoms with Gasteiger partial charge in [0.15, 0.2) is 0 Å². The van der Waals surface area contributed by atoms with Crippen molar-refractivity contribution in [2.24, 2.45) is 11.8 Å². The predicted octanol–water partition coefficient (Wildman–Crippen LogP) is 4.38. The van der Waals surface area contributed by atoms with Gasteiger partial charge in [-0.25, -0.2) is 0 Å². The highest BCUT2D eigenvalue weighted by molar-refractivity contribution is 5.78. The summed E-state index contributed by atoms with van der Waals surface area (Å²) in [6.07, 6.45) is 5.26. The fourth-order valence-electron chi connectivity index (χ4n) is 3.51. The molecule has 1 aromatic carbocycles. The van der Waals surface area contributed by atoms with Gasteiger partial charge in [0.25, 0.3) is 0 Å². The van der Waals surface area contributed by atoms with E-state index >= 15 is 0 Å². The van der Waals surface area contributed by atoms with Crippen LogP contribution in [-0.2, 0) is 0 Å². The van der Waals surface area contributed by atoms with E-state index in [1.165, 1.54) is 23.1 Å². The summed E-state index contributed by atoms with van der Waals surface area (Å²) < 4.78 is 0. The van der Waals surface area contributed by atoms with E-state index in [9.17, 15) is 0 Å². The Morgan fingerprint density at radius 3 is 2.54 bits per heavy atom. The Morgan fingerprint density at radius 1 is 1.25 bits per heavy atom. The van der Waals surface area contributed by atoms with Gasteiger partial charge < -0.3 is 5.32 Å². The van der Waals surface area contributed by atoms with Gasteiger partial charge in [0, 0.05) is 19.6 Å².